The van der Waals surface area contributed by atoms with E-state index in [1.165, 1.54) is 69.7 Å². The van der Waals surface area contributed by atoms with Gasteiger partial charge < -0.3 is 37.5 Å². The molecule has 1 heterocycles. The van der Waals surface area contributed by atoms with Gasteiger partial charge >= 0.3 is 22.4 Å². The number of benzene rings is 9. The molecule has 586 valence electrons. The van der Waals surface area contributed by atoms with Gasteiger partial charge in [0.25, 0.3) is 0 Å². The van der Waals surface area contributed by atoms with Crippen LogP contribution in [0.15, 0.2) is 317 Å². The summed E-state index contributed by atoms with van der Waals surface area (Å²) in [6.07, 6.45) is 10.6. The summed E-state index contributed by atoms with van der Waals surface area (Å²) in [5.74, 6) is 2.50. The fourth-order valence-corrected chi connectivity index (χ4v) is 25.1. The highest BCUT2D eigenvalue weighted by Gasteiger charge is 2.59. The van der Waals surface area contributed by atoms with E-state index in [0.717, 1.165) is 69.1 Å². The first-order valence-corrected chi connectivity index (χ1v) is 46.3. The van der Waals surface area contributed by atoms with Gasteiger partial charge in [-0.1, -0.05) is 178 Å². The topological polar surface area (TPSA) is 258 Å². The van der Waals surface area contributed by atoms with Crippen molar-refractivity contribution in [2.75, 3.05) is 24.9 Å². The van der Waals surface area contributed by atoms with Gasteiger partial charge in [0.05, 0.1) is 73.5 Å². The Morgan fingerprint density at radius 3 is 1.10 bits per heavy atom. The molecule has 1 N–H and O–H groups in total. The minimum Gasteiger partial charge on any atom is -0.748 e. The van der Waals surface area contributed by atoms with Crippen molar-refractivity contribution in [3.05, 3.63) is 273 Å². The van der Waals surface area contributed by atoms with Gasteiger partial charge in [-0.25, -0.2) is 26.4 Å². The van der Waals surface area contributed by atoms with Crippen molar-refractivity contribution in [2.45, 2.75) is 164 Å². The third-order valence-electron chi connectivity index (χ3n) is 21.6. The van der Waals surface area contributed by atoms with Gasteiger partial charge in [-0.2, -0.15) is 8.42 Å². The number of carbonyl (C=O) groups excluding carboxylic acids is 2. The Kier molecular flexibility index (Phi) is 28.9. The minimum absolute atomic E-state index is 0.0146. The number of hydrogen-bond acceptors (Lipinski definition) is 16. The molecule has 9 aliphatic rings. The first kappa shape index (κ1) is 82.7. The van der Waals surface area contributed by atoms with Gasteiger partial charge in [-0.15, -0.1) is 0 Å². The first-order valence-electron chi connectivity index (χ1n) is 38.0. The average molecular weight is 1620 g/mol. The second kappa shape index (κ2) is 38.8. The molecule has 0 amide bonds. The number of ether oxygens (including phenoxy) is 6. The molecule has 0 spiro atoms. The van der Waals surface area contributed by atoms with E-state index in [4.69, 9.17) is 28.2 Å². The molecule has 23 heteroatoms. The average Bonchev–Trinajstić information content (AvgIpc) is 1.62. The molecule has 8 aliphatic carbocycles. The van der Waals surface area contributed by atoms with E-state index in [0.29, 0.717) is 30.3 Å². The van der Waals surface area contributed by atoms with E-state index in [1.54, 1.807) is 13.8 Å². The van der Waals surface area contributed by atoms with Crippen LogP contribution < -0.4 is 0 Å². The maximum atomic E-state index is 11.6. The molecular weight excluding hydrogens is 1520 g/mol. The number of fused-ring (bicyclic) bond motifs is 3. The molecule has 18 rings (SSSR count). The van der Waals surface area contributed by atoms with Crippen LogP contribution in [0.1, 0.15) is 90.9 Å². The van der Waals surface area contributed by atoms with Crippen molar-refractivity contribution in [1.29, 1.82) is 0 Å². The van der Waals surface area contributed by atoms with Gasteiger partial charge in [0.1, 0.15) is 22.3 Å². The maximum Gasteiger partial charge on any atom is 0.509 e. The molecule has 9 unspecified atom stereocenters. The molecule has 0 radical (unpaired) electrons. The van der Waals surface area contributed by atoms with Gasteiger partial charge in [-0.05, 0) is 234 Å². The summed E-state index contributed by atoms with van der Waals surface area (Å²) in [6, 6.07) is 96.5. The molecule has 8 saturated carbocycles. The van der Waals surface area contributed by atoms with E-state index >= 15 is 0 Å². The fraction of sp³-hybridized carbons (Fsp3) is 0.364. The van der Waals surface area contributed by atoms with E-state index in [2.05, 4.69) is 278 Å². The standard InChI is InChI=1S/3C18H15S.C12H20O6S.C12H20O4S.C10H14O7S/c3*1-4-10-16(11-5-1)19(17-12-6-2-7-13-17)18-14-8-3-9-15-18;1-7(2)11(19(14,15)16)18-12(13)17-10-6-8-3-4-9(10)5-8;13-17(14,15)2-1-16-12-6-9-3-10(7-12)5-11(4-9)8-12;11-10(16-4-18(12,13)14)17-8-5-1-6-3-15-9(8)7(6)2-5/h3*1-15H;7-11H,3-6H2,1-2H3,(H,14,15,16);9-11H,1-8H2,(H,13,14,15);5-9H,1-4H2,(H,12,13,14)/q3*+1;;;/p-2. The summed E-state index contributed by atoms with van der Waals surface area (Å²) in [4.78, 5) is 35.2. The van der Waals surface area contributed by atoms with Crippen LogP contribution in [-0.4, -0.2) is 105 Å². The highest BCUT2D eigenvalue weighted by Crippen LogP contribution is 2.58. The molecule has 9 aromatic carbocycles. The highest BCUT2D eigenvalue weighted by molar-refractivity contribution is 7.97. The van der Waals surface area contributed by atoms with E-state index < -0.39 is 60.0 Å². The van der Waals surface area contributed by atoms with Gasteiger partial charge in [-0.3, -0.25) is 4.55 Å². The Hall–Kier alpha value is -7.78. The normalized spacial score (nSPS) is 24.2. The van der Waals surface area contributed by atoms with Crippen LogP contribution in [0, 0.1) is 53.3 Å². The van der Waals surface area contributed by atoms with E-state index in [1.807, 2.05) is 0 Å². The second-order valence-electron chi connectivity index (χ2n) is 29.9. The quantitative estimate of drug-likeness (QED) is 0.0422. The Morgan fingerprint density at radius 1 is 0.441 bits per heavy atom. The fourth-order valence-electron chi connectivity index (χ4n) is 17.4. The highest BCUT2D eigenvalue weighted by atomic mass is 32.2. The smallest absolute Gasteiger partial charge is 0.509 e. The number of rotatable bonds is 20. The van der Waals surface area contributed by atoms with Crippen LogP contribution in [0.3, 0.4) is 0 Å². The molecular formula is C88H97O17S6+. The summed E-state index contributed by atoms with van der Waals surface area (Å²) in [5.41, 5.74) is -1.65. The van der Waals surface area contributed by atoms with Gasteiger partial charge in [0.2, 0.25) is 5.44 Å². The Bertz CT molecular complexity index is 4120. The lowest BCUT2D eigenvalue weighted by Gasteiger charge is -2.56. The minimum atomic E-state index is -4.58. The Labute approximate surface area is 662 Å². The molecule has 9 aromatic rings. The van der Waals surface area contributed by atoms with Crippen LogP contribution in [0.4, 0.5) is 9.59 Å². The Balaban J connectivity index is 0.000000124. The zero-order valence-electron chi connectivity index (χ0n) is 62.2. The van der Waals surface area contributed by atoms with Crippen molar-refractivity contribution in [1.82, 2.24) is 0 Å². The summed E-state index contributed by atoms with van der Waals surface area (Å²) < 4.78 is 125. The predicted octanol–water partition coefficient (Wildman–Crippen LogP) is 18.1. The molecule has 9 fully saturated rings. The van der Waals surface area contributed by atoms with Crippen molar-refractivity contribution in [3.63, 3.8) is 0 Å². The Morgan fingerprint density at radius 2 is 0.802 bits per heavy atom. The maximum absolute atomic E-state index is 11.6. The monoisotopic (exact) mass is 1620 g/mol. The lowest BCUT2D eigenvalue weighted by Crippen LogP contribution is -2.52. The molecule has 0 aromatic heterocycles. The predicted molar refractivity (Wildman–Crippen MR) is 428 cm³/mol. The zero-order chi connectivity index (χ0) is 78.0. The van der Waals surface area contributed by atoms with Crippen LogP contribution >= 0.6 is 0 Å². The lowest BCUT2D eigenvalue weighted by atomic mass is 9.54. The van der Waals surface area contributed by atoms with Crippen LogP contribution in [-0.2, 0) is 91.5 Å². The lowest BCUT2D eigenvalue weighted by molar-refractivity contribution is -0.158. The van der Waals surface area contributed by atoms with E-state index in [-0.39, 0.29) is 74.9 Å². The van der Waals surface area contributed by atoms with Gasteiger partial charge in [0.15, 0.2) is 50.0 Å². The van der Waals surface area contributed by atoms with Crippen molar-refractivity contribution >= 4 is 75.4 Å². The molecule has 1 saturated heterocycles. The summed E-state index contributed by atoms with van der Waals surface area (Å²) in [5, 5.41) is 0. The van der Waals surface area contributed by atoms with Crippen molar-refractivity contribution < 1.29 is 76.9 Å². The SMILES string of the molecule is CC(C)C(OC(=O)OC1CC2CCC1C2)S(=O)(=O)O.O=C(OCS(=O)(=O)[O-])OC1C2CC3COC1C3C2.O=S(=O)([O-])CCOC12CC3CC(CC(C3)C1)C2.c1ccc([S+](c2ccccc2)c2ccccc2)cc1.c1ccc([S+](c2ccccc2)c2ccccc2)cc1.c1ccc([S+](c2ccccc2)c2ccccc2)cc1. The third-order valence-corrected chi connectivity index (χ3v) is 30.6. The van der Waals surface area contributed by atoms with Gasteiger partial charge in [0, 0.05) is 5.92 Å². The second-order valence-corrected chi connectivity index (χ2v) is 40.3. The van der Waals surface area contributed by atoms with Crippen LogP contribution in [0.25, 0.3) is 0 Å². The number of hydrogen-bond donors (Lipinski definition) is 1. The molecule has 17 nitrogen and oxygen atoms in total. The van der Waals surface area contributed by atoms with Crippen molar-refractivity contribution in [2.24, 2.45) is 53.3 Å². The summed E-state index contributed by atoms with van der Waals surface area (Å²) in [7, 11) is -13.2. The zero-order valence-corrected chi connectivity index (χ0v) is 67.1. The first-order chi connectivity index (χ1) is 53.5. The number of carbonyl (C=O) groups is 2. The molecule has 1 aliphatic heterocycles. The largest absolute Gasteiger partial charge is 0.748 e. The van der Waals surface area contributed by atoms with E-state index in [9.17, 15) is 43.9 Å². The van der Waals surface area contributed by atoms with Crippen molar-refractivity contribution in [3.8, 4) is 0 Å². The third kappa shape index (κ3) is 23.5. The summed E-state index contributed by atoms with van der Waals surface area (Å²) >= 11 is 0. The van der Waals surface area contributed by atoms with Crippen LogP contribution in [0.5, 0.6) is 0 Å². The summed E-state index contributed by atoms with van der Waals surface area (Å²) in [6.45, 7) is 3.88. The molecule has 8 bridgehead atoms. The molecule has 111 heavy (non-hydrogen) atoms. The van der Waals surface area contributed by atoms with Crippen LogP contribution in [0.2, 0.25) is 0 Å². The molecule has 9 atom stereocenters.